The third-order valence-electron chi connectivity index (χ3n) is 6.37. The summed E-state index contributed by atoms with van der Waals surface area (Å²) < 4.78 is 26.7. The van der Waals surface area contributed by atoms with Crippen molar-refractivity contribution < 1.29 is 13.2 Å². The van der Waals surface area contributed by atoms with Crippen LogP contribution in [0.5, 0.6) is 0 Å². The molecule has 0 bridgehead atoms. The summed E-state index contributed by atoms with van der Waals surface area (Å²) in [5, 5.41) is 0.458. The predicted molar refractivity (Wildman–Crippen MR) is 123 cm³/mol. The van der Waals surface area contributed by atoms with Crippen molar-refractivity contribution in [2.75, 3.05) is 29.3 Å². The Bertz CT molecular complexity index is 1260. The van der Waals surface area contributed by atoms with Crippen LogP contribution in [-0.4, -0.2) is 64.6 Å². The molecule has 3 heterocycles. The summed E-state index contributed by atoms with van der Waals surface area (Å²) >= 11 is 0. The molecular formula is C22H26N6O3S. The van der Waals surface area contributed by atoms with Gasteiger partial charge in [-0.25, -0.2) is 18.4 Å². The van der Waals surface area contributed by atoms with Crippen LogP contribution in [0.4, 0.5) is 11.5 Å². The van der Waals surface area contributed by atoms with Gasteiger partial charge in [0.05, 0.1) is 16.2 Å². The molecule has 5 rings (SSSR count). The van der Waals surface area contributed by atoms with Gasteiger partial charge in [0.1, 0.15) is 17.8 Å². The Morgan fingerprint density at radius 2 is 1.88 bits per heavy atom. The second-order valence-corrected chi connectivity index (χ2v) is 11.1. The van der Waals surface area contributed by atoms with Crippen LogP contribution in [-0.2, 0) is 10.0 Å². The topological polar surface area (TPSA) is 111 Å². The highest BCUT2D eigenvalue weighted by Gasteiger charge is 2.53. The molecule has 0 radical (unpaired) electrons. The maximum Gasteiger partial charge on any atom is 0.254 e. The molecule has 2 aromatic heterocycles. The first kappa shape index (κ1) is 20.7. The molecule has 2 fully saturated rings. The number of benzene rings is 1. The number of aromatic nitrogens is 3. The number of hydrogen-bond donors (Lipinski definition) is 2. The summed E-state index contributed by atoms with van der Waals surface area (Å²) in [6.45, 7) is 5.28. The average Bonchev–Trinajstić information content (AvgIpc) is 3.35. The summed E-state index contributed by atoms with van der Waals surface area (Å²) in [5.41, 5.74) is 1.65. The lowest BCUT2D eigenvalue weighted by Crippen LogP contribution is -2.57. The van der Waals surface area contributed by atoms with Crippen LogP contribution in [0.2, 0.25) is 0 Å². The van der Waals surface area contributed by atoms with Gasteiger partial charge in [-0.1, -0.05) is 0 Å². The molecule has 1 amide bonds. The smallest absolute Gasteiger partial charge is 0.254 e. The predicted octanol–water partition coefficient (Wildman–Crippen LogP) is 2.60. The van der Waals surface area contributed by atoms with Crippen LogP contribution in [0.1, 0.15) is 37.0 Å². The summed E-state index contributed by atoms with van der Waals surface area (Å²) in [5.74, 6) is 0.881. The molecule has 32 heavy (non-hydrogen) atoms. The van der Waals surface area contributed by atoms with E-state index in [0.717, 1.165) is 36.2 Å². The van der Waals surface area contributed by atoms with E-state index in [1.165, 1.54) is 0 Å². The third kappa shape index (κ3) is 3.58. The Hall–Kier alpha value is -3.14. The highest BCUT2D eigenvalue weighted by atomic mass is 32.2. The summed E-state index contributed by atoms with van der Waals surface area (Å²) in [6, 6.07) is 8.66. The lowest BCUT2D eigenvalue weighted by Gasteiger charge is -2.43. The van der Waals surface area contributed by atoms with Gasteiger partial charge in [-0.05, 0) is 57.0 Å². The molecule has 1 aromatic carbocycles. The zero-order valence-corrected chi connectivity index (χ0v) is 18.9. The molecule has 2 N–H and O–H groups in total. The number of carbonyl (C=O) groups is 1. The number of nitrogens with zero attached hydrogens (tertiary/aromatic N) is 4. The fourth-order valence-corrected chi connectivity index (χ4v) is 4.98. The number of carbonyl (C=O) groups excluding carboxylic acids is 1. The lowest BCUT2D eigenvalue weighted by molar-refractivity contribution is 0.0624. The molecule has 10 heteroatoms. The Morgan fingerprint density at radius 3 is 2.56 bits per heavy atom. The van der Waals surface area contributed by atoms with Crippen LogP contribution in [0.25, 0.3) is 11.0 Å². The van der Waals surface area contributed by atoms with Gasteiger partial charge >= 0.3 is 0 Å². The third-order valence-corrected chi connectivity index (χ3v) is 8.13. The van der Waals surface area contributed by atoms with Crippen LogP contribution < -0.4 is 9.62 Å². The first-order valence-electron chi connectivity index (χ1n) is 10.8. The van der Waals surface area contributed by atoms with Crippen molar-refractivity contribution in [3.8, 4) is 0 Å². The standard InChI is InChI=1S/C22H26N6O3S/c1-15(2)32(30,31)26-17-5-3-16(4-6-17)21(29)28-12-11-27(13-22(28)8-9-22)20-18-7-10-23-19(18)24-14-25-20/h3-7,10,14-15,26H,8-9,11-13H2,1-2H3,(H,23,24,25). The zero-order chi connectivity index (χ0) is 22.5. The van der Waals surface area contributed by atoms with Crippen LogP contribution >= 0.6 is 0 Å². The maximum atomic E-state index is 13.3. The zero-order valence-electron chi connectivity index (χ0n) is 18.1. The number of amides is 1. The molecule has 1 saturated heterocycles. The van der Waals surface area contributed by atoms with E-state index in [1.807, 2.05) is 17.2 Å². The van der Waals surface area contributed by atoms with Crippen molar-refractivity contribution in [2.24, 2.45) is 0 Å². The number of nitrogens with one attached hydrogen (secondary N) is 2. The molecule has 1 aliphatic carbocycles. The van der Waals surface area contributed by atoms with E-state index in [4.69, 9.17) is 0 Å². The van der Waals surface area contributed by atoms with Crippen molar-refractivity contribution in [3.63, 3.8) is 0 Å². The fourth-order valence-electron chi connectivity index (χ4n) is 4.28. The van der Waals surface area contributed by atoms with E-state index in [0.29, 0.717) is 24.3 Å². The first-order valence-corrected chi connectivity index (χ1v) is 12.3. The quantitative estimate of drug-likeness (QED) is 0.613. The van der Waals surface area contributed by atoms with Gasteiger partial charge in [0.2, 0.25) is 10.0 Å². The van der Waals surface area contributed by atoms with Gasteiger partial charge in [-0.2, -0.15) is 0 Å². The molecule has 3 aromatic rings. The highest BCUT2D eigenvalue weighted by molar-refractivity contribution is 7.93. The van der Waals surface area contributed by atoms with E-state index in [-0.39, 0.29) is 11.4 Å². The van der Waals surface area contributed by atoms with E-state index in [2.05, 4.69) is 24.6 Å². The first-order chi connectivity index (χ1) is 15.3. The SMILES string of the molecule is CC(C)S(=O)(=O)Nc1ccc(C(=O)N2CCN(c3ncnc4[nH]ccc34)CC23CC3)cc1. The van der Waals surface area contributed by atoms with Gasteiger partial charge in [-0.3, -0.25) is 9.52 Å². The lowest BCUT2D eigenvalue weighted by atomic mass is 10.1. The number of H-pyrrole nitrogens is 1. The van der Waals surface area contributed by atoms with E-state index in [1.54, 1.807) is 44.4 Å². The molecule has 9 nitrogen and oxygen atoms in total. The Kier molecular flexibility index (Phi) is 4.85. The number of anilines is 2. The summed E-state index contributed by atoms with van der Waals surface area (Å²) in [7, 11) is -3.42. The largest absolute Gasteiger partial charge is 0.352 e. The van der Waals surface area contributed by atoms with Crippen molar-refractivity contribution >= 4 is 38.5 Å². The Labute approximate surface area is 186 Å². The van der Waals surface area contributed by atoms with Crippen molar-refractivity contribution in [1.29, 1.82) is 0 Å². The molecule has 0 unspecified atom stereocenters. The minimum Gasteiger partial charge on any atom is -0.352 e. The second kappa shape index (κ2) is 7.47. The normalized spacial score (nSPS) is 17.8. The van der Waals surface area contributed by atoms with E-state index < -0.39 is 15.3 Å². The monoisotopic (exact) mass is 454 g/mol. The van der Waals surface area contributed by atoms with Crippen molar-refractivity contribution in [3.05, 3.63) is 48.4 Å². The molecule has 0 atom stereocenters. The van der Waals surface area contributed by atoms with Gasteiger partial charge in [-0.15, -0.1) is 0 Å². The number of fused-ring (bicyclic) bond motifs is 1. The van der Waals surface area contributed by atoms with Crippen LogP contribution in [0.3, 0.4) is 0 Å². The number of sulfonamides is 1. The molecule has 1 saturated carbocycles. The Morgan fingerprint density at radius 1 is 1.12 bits per heavy atom. The van der Waals surface area contributed by atoms with Gasteiger partial charge in [0, 0.05) is 37.1 Å². The van der Waals surface area contributed by atoms with Gasteiger partial charge in [0.25, 0.3) is 5.91 Å². The summed E-state index contributed by atoms with van der Waals surface area (Å²) in [6.07, 6.45) is 5.35. The van der Waals surface area contributed by atoms with Crippen LogP contribution in [0, 0.1) is 0 Å². The molecular weight excluding hydrogens is 428 g/mol. The van der Waals surface area contributed by atoms with E-state index >= 15 is 0 Å². The minimum absolute atomic E-state index is 0.0186. The summed E-state index contributed by atoms with van der Waals surface area (Å²) in [4.78, 5) is 29.4. The van der Waals surface area contributed by atoms with Crippen LogP contribution in [0.15, 0.2) is 42.9 Å². The van der Waals surface area contributed by atoms with Gasteiger partial charge < -0.3 is 14.8 Å². The van der Waals surface area contributed by atoms with Crippen molar-refractivity contribution in [1.82, 2.24) is 19.9 Å². The number of aromatic amines is 1. The molecule has 168 valence electrons. The Balaban J connectivity index is 1.32. The fraction of sp³-hybridized carbons (Fsp3) is 0.409. The number of rotatable bonds is 5. The number of hydrogen-bond acceptors (Lipinski definition) is 6. The minimum atomic E-state index is -3.42. The molecule has 2 aliphatic rings. The van der Waals surface area contributed by atoms with Crippen molar-refractivity contribution in [2.45, 2.75) is 37.5 Å². The number of piperazine rings is 1. The highest BCUT2D eigenvalue weighted by Crippen LogP contribution is 2.46. The van der Waals surface area contributed by atoms with Gasteiger partial charge in [0.15, 0.2) is 0 Å². The molecule has 1 aliphatic heterocycles. The average molecular weight is 455 g/mol. The maximum absolute atomic E-state index is 13.3. The van der Waals surface area contributed by atoms with E-state index in [9.17, 15) is 13.2 Å². The molecule has 1 spiro atoms. The second-order valence-electron chi connectivity index (χ2n) is 8.81.